The van der Waals surface area contributed by atoms with Gasteiger partial charge in [0.15, 0.2) is 0 Å². The number of nitrogens with one attached hydrogen (secondary N) is 1. The summed E-state index contributed by atoms with van der Waals surface area (Å²) in [6, 6.07) is 7.47. The topological polar surface area (TPSA) is 102 Å². The molecule has 1 aromatic heterocycles. The molecule has 2 aliphatic rings. The first-order valence-electron chi connectivity index (χ1n) is 12.4. The minimum absolute atomic E-state index is 0.0796. The van der Waals surface area contributed by atoms with Crippen LogP contribution in [0.2, 0.25) is 5.02 Å². The summed E-state index contributed by atoms with van der Waals surface area (Å²) in [5, 5.41) is 23.8. The molecule has 4 rings (SSSR count). The lowest BCUT2D eigenvalue weighted by Crippen LogP contribution is -2.52. The number of rotatable bonds is 8. The van der Waals surface area contributed by atoms with E-state index in [0.717, 1.165) is 22.6 Å². The van der Waals surface area contributed by atoms with E-state index in [1.165, 1.54) is 6.33 Å². The van der Waals surface area contributed by atoms with Gasteiger partial charge in [0.2, 0.25) is 5.91 Å². The van der Waals surface area contributed by atoms with Crippen molar-refractivity contribution in [3.63, 3.8) is 0 Å². The van der Waals surface area contributed by atoms with Crippen molar-refractivity contribution in [2.24, 2.45) is 0 Å². The maximum absolute atomic E-state index is 13.7. The number of halogens is 1. The molecule has 0 bridgehead atoms. The zero-order chi connectivity index (χ0) is 25.2. The number of nitrogens with zero attached hydrogens (tertiary/aromatic N) is 4. The maximum Gasteiger partial charge on any atom is 0.231 e. The first-order chi connectivity index (χ1) is 16.7. The number of hydrogen-bond donors (Lipinski definition) is 3. The van der Waals surface area contributed by atoms with Gasteiger partial charge in [-0.1, -0.05) is 30.7 Å². The van der Waals surface area contributed by atoms with Crippen LogP contribution in [0.25, 0.3) is 0 Å². The van der Waals surface area contributed by atoms with Crippen LogP contribution in [0.3, 0.4) is 0 Å². The van der Waals surface area contributed by atoms with E-state index in [-0.39, 0.29) is 29.9 Å². The van der Waals surface area contributed by atoms with Crippen LogP contribution in [-0.2, 0) is 4.79 Å². The Balaban J connectivity index is 1.47. The second-order valence-electron chi connectivity index (χ2n) is 10.3. The van der Waals surface area contributed by atoms with Crippen molar-refractivity contribution in [2.75, 3.05) is 44.2 Å². The average molecular weight is 502 g/mol. The predicted octanol–water partition coefficient (Wildman–Crippen LogP) is 2.85. The fourth-order valence-corrected chi connectivity index (χ4v) is 5.23. The molecule has 35 heavy (non-hydrogen) atoms. The van der Waals surface area contributed by atoms with Crippen molar-refractivity contribution in [3.8, 4) is 0 Å². The van der Waals surface area contributed by atoms with Gasteiger partial charge in [-0.25, -0.2) is 9.97 Å². The van der Waals surface area contributed by atoms with Crippen LogP contribution in [0.5, 0.6) is 0 Å². The molecule has 0 saturated carbocycles. The molecular weight excluding hydrogens is 466 g/mol. The number of aliphatic hydroxyl groups excluding tert-OH is 2. The molecule has 2 aromatic rings. The standard InChI is InChI=1S/C26H36ClN5O3/c1-17-14-21(34)23-22(17)24(29-16-28-23)31-9-11-32(12-10-31)25(35)20(15-30-26(2,3)8-13-33)18-4-6-19(27)7-5-18/h4-7,16-17,20-21,30,33-34H,8-15H2,1-3H3/t17-,20-,21-/m1/s1. The molecule has 9 heteroatoms. The van der Waals surface area contributed by atoms with E-state index in [0.29, 0.717) is 50.6 Å². The van der Waals surface area contributed by atoms with Gasteiger partial charge in [-0.05, 0) is 50.3 Å². The fraction of sp³-hybridized carbons (Fsp3) is 0.577. The summed E-state index contributed by atoms with van der Waals surface area (Å²) >= 11 is 6.10. The first-order valence-corrected chi connectivity index (χ1v) is 12.8. The molecule has 0 unspecified atom stereocenters. The van der Waals surface area contributed by atoms with Gasteiger partial charge in [-0.15, -0.1) is 0 Å². The maximum atomic E-state index is 13.7. The van der Waals surface area contributed by atoms with Gasteiger partial charge >= 0.3 is 0 Å². The van der Waals surface area contributed by atoms with E-state index in [1.807, 2.05) is 43.0 Å². The van der Waals surface area contributed by atoms with E-state index in [2.05, 4.69) is 27.1 Å². The summed E-state index contributed by atoms with van der Waals surface area (Å²) in [7, 11) is 0. The highest BCUT2D eigenvalue weighted by Gasteiger charge is 2.35. The van der Waals surface area contributed by atoms with Crippen LogP contribution in [0.15, 0.2) is 30.6 Å². The van der Waals surface area contributed by atoms with Crippen LogP contribution >= 0.6 is 11.6 Å². The lowest BCUT2D eigenvalue weighted by atomic mass is 9.94. The average Bonchev–Trinajstić information content (AvgIpc) is 3.13. The van der Waals surface area contributed by atoms with E-state index < -0.39 is 6.10 Å². The zero-order valence-corrected chi connectivity index (χ0v) is 21.5. The van der Waals surface area contributed by atoms with Gasteiger partial charge < -0.3 is 25.3 Å². The highest BCUT2D eigenvalue weighted by Crippen LogP contribution is 2.42. The van der Waals surface area contributed by atoms with Crippen LogP contribution < -0.4 is 10.2 Å². The molecule has 1 aliphatic carbocycles. The minimum atomic E-state index is -0.535. The van der Waals surface area contributed by atoms with Gasteiger partial charge in [0.1, 0.15) is 12.1 Å². The second-order valence-corrected chi connectivity index (χ2v) is 10.7. The van der Waals surface area contributed by atoms with Crippen molar-refractivity contribution in [1.29, 1.82) is 0 Å². The molecule has 1 saturated heterocycles. The van der Waals surface area contributed by atoms with Gasteiger partial charge in [0.25, 0.3) is 0 Å². The number of benzene rings is 1. The second kappa shape index (κ2) is 10.8. The summed E-state index contributed by atoms with van der Waals surface area (Å²) in [5.74, 6) is 0.817. The Bertz CT molecular complexity index is 1020. The highest BCUT2D eigenvalue weighted by atomic mass is 35.5. The normalized spacial score (nSPS) is 21.2. The van der Waals surface area contributed by atoms with Gasteiger partial charge in [0.05, 0.1) is 17.7 Å². The predicted molar refractivity (Wildman–Crippen MR) is 137 cm³/mol. The van der Waals surface area contributed by atoms with Crippen molar-refractivity contribution >= 4 is 23.3 Å². The highest BCUT2D eigenvalue weighted by molar-refractivity contribution is 6.30. The van der Waals surface area contributed by atoms with E-state index >= 15 is 0 Å². The Labute approximate surface area is 212 Å². The number of carbonyl (C=O) groups excluding carboxylic acids is 1. The molecule has 3 atom stereocenters. The van der Waals surface area contributed by atoms with Crippen molar-refractivity contribution < 1.29 is 15.0 Å². The third-order valence-electron chi connectivity index (χ3n) is 7.26. The molecule has 1 fully saturated rings. The van der Waals surface area contributed by atoms with Gasteiger partial charge in [-0.2, -0.15) is 0 Å². The Morgan fingerprint density at radius 2 is 1.89 bits per heavy atom. The molecular formula is C26H36ClN5O3. The molecule has 8 nitrogen and oxygen atoms in total. The molecule has 1 aliphatic heterocycles. The van der Waals surface area contributed by atoms with E-state index in [4.69, 9.17) is 11.6 Å². The SMILES string of the molecule is C[C@@H]1C[C@@H](O)c2ncnc(N3CCN(C(=O)[C@H](CNC(C)(C)CCO)c4ccc(Cl)cc4)CC3)c21. The third kappa shape index (κ3) is 5.77. The van der Waals surface area contributed by atoms with Crippen LogP contribution in [0.1, 0.15) is 68.4 Å². The van der Waals surface area contributed by atoms with Crippen molar-refractivity contribution in [2.45, 2.75) is 57.1 Å². The molecule has 1 aromatic carbocycles. The van der Waals surface area contributed by atoms with Gasteiger partial charge in [-0.3, -0.25) is 4.79 Å². The number of hydrogen-bond acceptors (Lipinski definition) is 7. The van der Waals surface area contributed by atoms with Crippen LogP contribution in [0, 0.1) is 0 Å². The smallest absolute Gasteiger partial charge is 0.231 e. The van der Waals surface area contributed by atoms with Crippen molar-refractivity contribution in [1.82, 2.24) is 20.2 Å². The van der Waals surface area contributed by atoms with Gasteiger partial charge in [0, 0.05) is 55.5 Å². The number of aromatic nitrogens is 2. The summed E-state index contributed by atoms with van der Waals surface area (Å²) in [6.07, 6.45) is 2.27. The molecule has 1 amide bonds. The number of amides is 1. The summed E-state index contributed by atoms with van der Waals surface area (Å²) in [6.45, 7) is 9.27. The first kappa shape index (κ1) is 25.8. The number of aliphatic hydroxyl groups is 2. The van der Waals surface area contributed by atoms with Crippen LogP contribution in [0.4, 0.5) is 5.82 Å². The Morgan fingerprint density at radius 3 is 2.54 bits per heavy atom. The van der Waals surface area contributed by atoms with Crippen molar-refractivity contribution in [3.05, 3.63) is 52.4 Å². The largest absolute Gasteiger partial charge is 0.396 e. The monoisotopic (exact) mass is 501 g/mol. The molecule has 3 N–H and O–H groups in total. The number of fused-ring (bicyclic) bond motifs is 1. The molecule has 2 heterocycles. The summed E-state index contributed by atoms with van der Waals surface area (Å²) in [4.78, 5) is 26.7. The quantitative estimate of drug-likeness (QED) is 0.511. The van der Waals surface area contributed by atoms with E-state index in [1.54, 1.807) is 0 Å². The summed E-state index contributed by atoms with van der Waals surface area (Å²) in [5.41, 5.74) is 2.41. The number of carbonyl (C=O) groups is 1. The molecule has 190 valence electrons. The third-order valence-corrected chi connectivity index (χ3v) is 7.51. The lowest BCUT2D eigenvalue weighted by Gasteiger charge is -2.38. The Kier molecular flexibility index (Phi) is 7.96. The Morgan fingerprint density at radius 1 is 1.20 bits per heavy atom. The zero-order valence-electron chi connectivity index (χ0n) is 20.7. The van der Waals surface area contributed by atoms with E-state index in [9.17, 15) is 15.0 Å². The molecule has 0 radical (unpaired) electrons. The minimum Gasteiger partial charge on any atom is -0.396 e. The summed E-state index contributed by atoms with van der Waals surface area (Å²) < 4.78 is 0. The Hall–Kier alpha value is -2.26. The lowest BCUT2D eigenvalue weighted by molar-refractivity contribution is -0.133. The fourth-order valence-electron chi connectivity index (χ4n) is 5.10. The van der Waals surface area contributed by atoms with Crippen LogP contribution in [-0.4, -0.2) is 75.9 Å². The molecule has 0 spiro atoms. The number of anilines is 1. The number of piperazine rings is 1.